The molecule has 6 heteroatoms. The van der Waals surface area contributed by atoms with Crippen molar-refractivity contribution in [1.29, 1.82) is 0 Å². The van der Waals surface area contributed by atoms with Crippen LogP contribution in [0.1, 0.15) is 5.56 Å². The van der Waals surface area contributed by atoms with Crippen LogP contribution in [-0.4, -0.2) is 34.9 Å². The van der Waals surface area contributed by atoms with Crippen LogP contribution in [0.5, 0.6) is 0 Å². The van der Waals surface area contributed by atoms with Gasteiger partial charge in [-0.1, -0.05) is 17.7 Å². The summed E-state index contributed by atoms with van der Waals surface area (Å²) < 4.78 is 45.4. The third-order valence-electron chi connectivity index (χ3n) is 2.06. The average Bonchev–Trinajstić information content (AvgIpc) is 2.28. The SMILES string of the molecule is COCC(F)COS(=O)(=O)c1ccc(C)cc1. The Morgan fingerprint density at radius 3 is 2.35 bits per heavy atom. The second-order valence-electron chi connectivity index (χ2n) is 3.60. The topological polar surface area (TPSA) is 52.6 Å². The van der Waals surface area contributed by atoms with Crippen molar-refractivity contribution in [3.8, 4) is 0 Å². The molecule has 1 aromatic carbocycles. The van der Waals surface area contributed by atoms with Gasteiger partial charge in [0.05, 0.1) is 11.5 Å². The highest BCUT2D eigenvalue weighted by Crippen LogP contribution is 2.13. The van der Waals surface area contributed by atoms with Gasteiger partial charge in [-0.3, -0.25) is 4.18 Å². The molecule has 0 spiro atoms. The molecule has 0 fully saturated rings. The first kappa shape index (κ1) is 14.1. The molecule has 0 aliphatic carbocycles. The Bertz CT molecular complexity index is 441. The molecule has 0 saturated carbocycles. The van der Waals surface area contributed by atoms with Gasteiger partial charge in [-0.05, 0) is 19.1 Å². The van der Waals surface area contributed by atoms with E-state index in [9.17, 15) is 12.8 Å². The van der Waals surface area contributed by atoms with Crippen molar-refractivity contribution in [3.63, 3.8) is 0 Å². The van der Waals surface area contributed by atoms with Crippen LogP contribution in [0.2, 0.25) is 0 Å². The van der Waals surface area contributed by atoms with E-state index >= 15 is 0 Å². The summed E-state index contributed by atoms with van der Waals surface area (Å²) in [6.07, 6.45) is -1.46. The molecule has 1 unspecified atom stereocenters. The fraction of sp³-hybridized carbons (Fsp3) is 0.455. The summed E-state index contributed by atoms with van der Waals surface area (Å²) in [5.74, 6) is 0. The maximum absolute atomic E-state index is 13.0. The number of halogens is 1. The van der Waals surface area contributed by atoms with Crippen molar-refractivity contribution in [1.82, 2.24) is 0 Å². The van der Waals surface area contributed by atoms with Gasteiger partial charge in [0.1, 0.15) is 12.8 Å². The van der Waals surface area contributed by atoms with E-state index in [-0.39, 0.29) is 11.5 Å². The predicted octanol–water partition coefficient (Wildman–Crippen LogP) is 1.68. The highest BCUT2D eigenvalue weighted by atomic mass is 32.2. The highest BCUT2D eigenvalue weighted by molar-refractivity contribution is 7.86. The predicted molar refractivity (Wildman–Crippen MR) is 61.1 cm³/mol. The molecule has 0 aromatic heterocycles. The van der Waals surface area contributed by atoms with Gasteiger partial charge in [0.2, 0.25) is 0 Å². The third-order valence-corrected chi connectivity index (χ3v) is 3.36. The molecule has 0 radical (unpaired) electrons. The number of rotatable bonds is 6. The zero-order valence-electron chi connectivity index (χ0n) is 9.72. The summed E-state index contributed by atoms with van der Waals surface area (Å²) in [6, 6.07) is 6.15. The minimum atomic E-state index is -3.89. The average molecular weight is 262 g/mol. The summed E-state index contributed by atoms with van der Waals surface area (Å²) in [7, 11) is -2.55. The van der Waals surface area contributed by atoms with E-state index in [0.29, 0.717) is 0 Å². The van der Waals surface area contributed by atoms with Crippen LogP contribution in [0.25, 0.3) is 0 Å². The molecule has 0 aliphatic rings. The fourth-order valence-corrected chi connectivity index (χ4v) is 2.10. The second-order valence-corrected chi connectivity index (χ2v) is 5.22. The molecule has 1 aromatic rings. The number of methoxy groups -OCH3 is 1. The Balaban J connectivity index is 2.66. The minimum absolute atomic E-state index is 0.0210. The van der Waals surface area contributed by atoms with Crippen LogP contribution in [-0.2, 0) is 19.0 Å². The van der Waals surface area contributed by atoms with Crippen molar-refractivity contribution in [2.24, 2.45) is 0 Å². The van der Waals surface area contributed by atoms with Crippen molar-refractivity contribution in [3.05, 3.63) is 29.8 Å². The number of hydrogen-bond donors (Lipinski definition) is 0. The van der Waals surface area contributed by atoms with Crippen molar-refractivity contribution in [2.45, 2.75) is 18.0 Å². The zero-order chi connectivity index (χ0) is 12.9. The van der Waals surface area contributed by atoms with Crippen molar-refractivity contribution in [2.75, 3.05) is 20.3 Å². The lowest BCUT2D eigenvalue weighted by Gasteiger charge is -2.08. The van der Waals surface area contributed by atoms with Gasteiger partial charge in [0, 0.05) is 7.11 Å². The first-order valence-corrected chi connectivity index (χ1v) is 6.45. The van der Waals surface area contributed by atoms with Gasteiger partial charge in [0.25, 0.3) is 10.1 Å². The molecule has 1 rings (SSSR count). The highest BCUT2D eigenvalue weighted by Gasteiger charge is 2.17. The standard InChI is InChI=1S/C11H15FO4S/c1-9-3-5-11(6-4-9)17(13,14)16-8-10(12)7-15-2/h3-6,10H,7-8H2,1-2H3. The molecule has 1 atom stereocenters. The molecule has 0 aliphatic heterocycles. The number of ether oxygens (including phenoxy) is 1. The fourth-order valence-electron chi connectivity index (χ4n) is 1.17. The van der Waals surface area contributed by atoms with E-state index in [1.807, 2.05) is 6.92 Å². The van der Waals surface area contributed by atoms with Gasteiger partial charge >= 0.3 is 0 Å². The largest absolute Gasteiger partial charge is 0.382 e. The van der Waals surface area contributed by atoms with E-state index in [0.717, 1.165) is 5.56 Å². The molecule has 0 saturated heterocycles. The van der Waals surface area contributed by atoms with Gasteiger partial charge in [0.15, 0.2) is 0 Å². The van der Waals surface area contributed by atoms with Gasteiger partial charge in [-0.25, -0.2) is 4.39 Å². The molecule has 4 nitrogen and oxygen atoms in total. The maximum atomic E-state index is 13.0. The molecular formula is C11H15FO4S. The molecule has 17 heavy (non-hydrogen) atoms. The lowest BCUT2D eigenvalue weighted by Crippen LogP contribution is -2.19. The summed E-state index contributed by atoms with van der Waals surface area (Å²) >= 11 is 0. The van der Waals surface area contributed by atoms with Gasteiger partial charge in [-0.15, -0.1) is 0 Å². The Morgan fingerprint density at radius 1 is 1.24 bits per heavy atom. The second kappa shape index (κ2) is 6.09. The van der Waals surface area contributed by atoms with Gasteiger partial charge in [-0.2, -0.15) is 8.42 Å². The molecular weight excluding hydrogens is 247 g/mol. The van der Waals surface area contributed by atoms with Crippen molar-refractivity contribution >= 4 is 10.1 Å². The Hall–Kier alpha value is -0.980. The van der Waals surface area contributed by atoms with Crippen LogP contribution in [0, 0.1) is 6.92 Å². The monoisotopic (exact) mass is 262 g/mol. The summed E-state index contributed by atoms with van der Waals surface area (Å²) in [4.78, 5) is 0.0210. The first-order chi connectivity index (χ1) is 7.95. The lowest BCUT2D eigenvalue weighted by molar-refractivity contribution is 0.0912. The quantitative estimate of drug-likeness (QED) is 0.732. The number of aryl methyl sites for hydroxylation is 1. The number of benzene rings is 1. The summed E-state index contributed by atoms with van der Waals surface area (Å²) in [5, 5.41) is 0. The normalized spacial score (nSPS) is 13.6. The summed E-state index contributed by atoms with van der Waals surface area (Å²) in [6.45, 7) is 1.11. The van der Waals surface area contributed by atoms with Crippen LogP contribution < -0.4 is 0 Å². The molecule has 0 N–H and O–H groups in total. The Morgan fingerprint density at radius 2 is 1.82 bits per heavy atom. The van der Waals surface area contributed by atoms with E-state index in [1.165, 1.54) is 19.2 Å². The Kier molecular flexibility index (Phi) is 5.04. The number of hydrogen-bond acceptors (Lipinski definition) is 4. The molecule has 0 bridgehead atoms. The van der Waals surface area contributed by atoms with Gasteiger partial charge < -0.3 is 4.74 Å². The molecule has 0 amide bonds. The van der Waals surface area contributed by atoms with Crippen molar-refractivity contribution < 1.29 is 21.7 Å². The molecule has 0 heterocycles. The maximum Gasteiger partial charge on any atom is 0.297 e. The lowest BCUT2D eigenvalue weighted by atomic mass is 10.2. The van der Waals surface area contributed by atoms with Crippen LogP contribution >= 0.6 is 0 Å². The van der Waals surface area contributed by atoms with Crippen LogP contribution in [0.3, 0.4) is 0 Å². The zero-order valence-corrected chi connectivity index (χ0v) is 10.5. The van der Waals surface area contributed by atoms with E-state index in [2.05, 4.69) is 8.92 Å². The summed E-state index contributed by atoms with van der Waals surface area (Å²) in [5.41, 5.74) is 0.937. The first-order valence-electron chi connectivity index (χ1n) is 5.05. The smallest absolute Gasteiger partial charge is 0.297 e. The minimum Gasteiger partial charge on any atom is -0.382 e. The van der Waals surface area contributed by atoms with E-state index < -0.39 is 22.9 Å². The van der Waals surface area contributed by atoms with Crippen LogP contribution in [0.15, 0.2) is 29.2 Å². The van der Waals surface area contributed by atoms with Crippen LogP contribution in [0.4, 0.5) is 4.39 Å². The number of alkyl halides is 1. The third kappa shape index (κ3) is 4.41. The Labute approximate surface area is 100 Å². The molecule has 96 valence electrons. The van der Waals surface area contributed by atoms with E-state index in [4.69, 9.17) is 0 Å². The van der Waals surface area contributed by atoms with E-state index in [1.54, 1.807) is 12.1 Å².